The fraction of sp³-hybridized carbons (Fsp3) is 0.0741. The molecule has 1 heterocycles. The predicted molar refractivity (Wildman–Crippen MR) is 121 cm³/mol. The van der Waals surface area contributed by atoms with Gasteiger partial charge in [0.2, 0.25) is 11.6 Å². The SMILES string of the molecule is COc1ccc2c(c1)N(c1ccccc1)c1ccccc1C2C(=O)Oc1c(F)ccc(F)c1F. The molecular formula is C27H18F3NO3. The quantitative estimate of drug-likeness (QED) is 0.194. The monoisotopic (exact) mass is 461 g/mol. The van der Waals surface area contributed by atoms with E-state index in [0.717, 1.165) is 5.69 Å². The normalized spacial score (nSPS) is 14.2. The summed E-state index contributed by atoms with van der Waals surface area (Å²) in [5, 5.41) is 0. The van der Waals surface area contributed by atoms with E-state index in [2.05, 4.69) is 0 Å². The van der Waals surface area contributed by atoms with Crippen LogP contribution in [0.3, 0.4) is 0 Å². The second kappa shape index (κ2) is 8.59. The maximum atomic E-state index is 14.2. The number of anilines is 3. The Kier molecular flexibility index (Phi) is 5.45. The summed E-state index contributed by atoms with van der Waals surface area (Å²) in [5.74, 6) is -6.49. The van der Waals surface area contributed by atoms with Gasteiger partial charge in [-0.1, -0.05) is 42.5 Å². The van der Waals surface area contributed by atoms with Crippen molar-refractivity contribution in [3.8, 4) is 11.5 Å². The van der Waals surface area contributed by atoms with Gasteiger partial charge in [0, 0.05) is 11.8 Å². The molecule has 0 aliphatic carbocycles. The molecule has 0 saturated heterocycles. The van der Waals surface area contributed by atoms with Crippen molar-refractivity contribution in [2.45, 2.75) is 5.92 Å². The minimum absolute atomic E-state index is 0.547. The molecule has 0 fully saturated rings. The molecule has 0 spiro atoms. The third-order valence-corrected chi connectivity index (χ3v) is 5.73. The van der Waals surface area contributed by atoms with Gasteiger partial charge in [-0.15, -0.1) is 0 Å². The summed E-state index contributed by atoms with van der Waals surface area (Å²) in [4.78, 5) is 15.4. The molecule has 4 aromatic carbocycles. The molecule has 1 aliphatic rings. The number of hydrogen-bond donors (Lipinski definition) is 0. The summed E-state index contributed by atoms with van der Waals surface area (Å²) in [6.45, 7) is 0. The van der Waals surface area contributed by atoms with Crippen molar-refractivity contribution in [2.75, 3.05) is 12.0 Å². The average Bonchev–Trinajstić information content (AvgIpc) is 2.87. The van der Waals surface area contributed by atoms with Gasteiger partial charge in [0.05, 0.1) is 18.5 Å². The fourth-order valence-corrected chi connectivity index (χ4v) is 4.19. The Hall–Kier alpha value is -4.26. The van der Waals surface area contributed by atoms with Gasteiger partial charge in [0.25, 0.3) is 0 Å². The zero-order valence-corrected chi connectivity index (χ0v) is 18.0. The number of halogens is 3. The molecule has 0 radical (unpaired) electrons. The average molecular weight is 461 g/mol. The number of rotatable bonds is 4. The van der Waals surface area contributed by atoms with Gasteiger partial charge in [-0.05, 0) is 47.5 Å². The highest BCUT2D eigenvalue weighted by atomic mass is 19.2. The summed E-state index contributed by atoms with van der Waals surface area (Å²) in [5.41, 5.74) is 3.30. The number of methoxy groups -OCH3 is 1. The number of carbonyl (C=O) groups is 1. The van der Waals surface area contributed by atoms with E-state index in [4.69, 9.17) is 9.47 Å². The Labute approximate surface area is 193 Å². The van der Waals surface area contributed by atoms with E-state index in [1.165, 1.54) is 7.11 Å². The lowest BCUT2D eigenvalue weighted by Gasteiger charge is -2.37. The van der Waals surface area contributed by atoms with Crippen molar-refractivity contribution in [1.29, 1.82) is 0 Å². The molecular weight excluding hydrogens is 443 g/mol. The summed E-state index contributed by atoms with van der Waals surface area (Å²) < 4.78 is 52.7. The smallest absolute Gasteiger partial charge is 0.323 e. The van der Waals surface area contributed by atoms with Gasteiger partial charge in [-0.2, -0.15) is 4.39 Å². The van der Waals surface area contributed by atoms with E-state index in [-0.39, 0.29) is 0 Å². The van der Waals surface area contributed by atoms with Crippen LogP contribution in [0.5, 0.6) is 11.5 Å². The number of fused-ring (bicyclic) bond motifs is 2. The van der Waals surface area contributed by atoms with Gasteiger partial charge in [-0.25, -0.2) is 8.78 Å². The lowest BCUT2D eigenvalue weighted by atomic mass is 9.84. The third kappa shape index (κ3) is 3.55. The van der Waals surface area contributed by atoms with Gasteiger partial charge in [0.15, 0.2) is 11.6 Å². The lowest BCUT2D eigenvalue weighted by Crippen LogP contribution is -2.28. The first-order valence-electron chi connectivity index (χ1n) is 10.5. The van der Waals surface area contributed by atoms with Crippen LogP contribution in [0, 0.1) is 17.5 Å². The second-order valence-corrected chi connectivity index (χ2v) is 7.68. The second-order valence-electron chi connectivity index (χ2n) is 7.68. The van der Waals surface area contributed by atoms with Crippen LogP contribution >= 0.6 is 0 Å². The standard InChI is InChI=1S/C27H18F3NO3/c1-33-17-11-12-19-23(15-17)31(16-7-3-2-4-8-16)22-10-6-5-9-18(22)24(19)27(32)34-26-21(29)14-13-20(28)25(26)30/h2-15,24H,1H3. The van der Waals surface area contributed by atoms with Crippen LogP contribution in [0.15, 0.2) is 84.9 Å². The highest BCUT2D eigenvalue weighted by Gasteiger charge is 2.37. The summed E-state index contributed by atoms with van der Waals surface area (Å²) in [6.07, 6.45) is 0. The van der Waals surface area contributed by atoms with Crippen LogP contribution in [0.1, 0.15) is 17.0 Å². The van der Waals surface area contributed by atoms with Crippen LogP contribution in [-0.2, 0) is 4.79 Å². The number of carbonyl (C=O) groups excluding carboxylic acids is 1. The number of ether oxygens (including phenoxy) is 2. The van der Waals surface area contributed by atoms with Crippen molar-refractivity contribution in [2.24, 2.45) is 0 Å². The molecule has 0 N–H and O–H groups in total. The highest BCUT2D eigenvalue weighted by Crippen LogP contribution is 2.50. The van der Waals surface area contributed by atoms with Gasteiger partial charge < -0.3 is 14.4 Å². The first kappa shape index (κ1) is 21.6. The summed E-state index contributed by atoms with van der Waals surface area (Å²) in [6, 6.07) is 23.3. The zero-order chi connectivity index (χ0) is 23.8. The Bertz CT molecular complexity index is 1390. The van der Waals surface area contributed by atoms with E-state index >= 15 is 0 Å². The number of benzene rings is 4. The van der Waals surface area contributed by atoms with Crippen LogP contribution in [-0.4, -0.2) is 13.1 Å². The van der Waals surface area contributed by atoms with E-state index in [1.54, 1.807) is 30.3 Å². The molecule has 1 atom stereocenters. The molecule has 170 valence electrons. The number of hydrogen-bond acceptors (Lipinski definition) is 4. The molecule has 1 aliphatic heterocycles. The van der Waals surface area contributed by atoms with Crippen molar-refractivity contribution in [3.05, 3.63) is 114 Å². The Morgan fingerprint density at radius 1 is 0.794 bits per heavy atom. The summed E-state index contributed by atoms with van der Waals surface area (Å²) >= 11 is 0. The largest absolute Gasteiger partial charge is 0.497 e. The Balaban J connectivity index is 1.68. The van der Waals surface area contributed by atoms with Crippen LogP contribution in [0.2, 0.25) is 0 Å². The molecule has 5 rings (SSSR count). The van der Waals surface area contributed by atoms with Crippen LogP contribution in [0.25, 0.3) is 0 Å². The molecule has 4 nitrogen and oxygen atoms in total. The first-order valence-corrected chi connectivity index (χ1v) is 10.5. The van der Waals surface area contributed by atoms with E-state index < -0.39 is 35.1 Å². The van der Waals surface area contributed by atoms with Crippen molar-refractivity contribution in [1.82, 2.24) is 0 Å². The van der Waals surface area contributed by atoms with Crippen molar-refractivity contribution < 1.29 is 27.4 Å². The summed E-state index contributed by atoms with van der Waals surface area (Å²) in [7, 11) is 1.53. The number of para-hydroxylation sites is 2. The number of esters is 1. The zero-order valence-electron chi connectivity index (χ0n) is 18.0. The first-order chi connectivity index (χ1) is 16.5. The minimum Gasteiger partial charge on any atom is -0.497 e. The molecule has 1 unspecified atom stereocenters. The molecule has 0 bridgehead atoms. The van der Waals surface area contributed by atoms with E-state index in [0.29, 0.717) is 40.4 Å². The topological polar surface area (TPSA) is 38.8 Å². The van der Waals surface area contributed by atoms with Crippen LogP contribution < -0.4 is 14.4 Å². The lowest BCUT2D eigenvalue weighted by molar-refractivity contribution is -0.135. The van der Waals surface area contributed by atoms with Crippen molar-refractivity contribution in [3.63, 3.8) is 0 Å². The molecule has 4 aromatic rings. The minimum atomic E-state index is -1.56. The Morgan fingerprint density at radius 3 is 2.24 bits per heavy atom. The van der Waals surface area contributed by atoms with Gasteiger partial charge in [-0.3, -0.25) is 4.79 Å². The molecule has 0 amide bonds. The molecule has 34 heavy (non-hydrogen) atoms. The van der Waals surface area contributed by atoms with E-state index in [1.807, 2.05) is 47.4 Å². The van der Waals surface area contributed by atoms with E-state index in [9.17, 15) is 18.0 Å². The Morgan fingerprint density at radius 2 is 1.47 bits per heavy atom. The van der Waals surface area contributed by atoms with Crippen LogP contribution in [0.4, 0.5) is 30.2 Å². The van der Waals surface area contributed by atoms with Gasteiger partial charge in [0.1, 0.15) is 11.7 Å². The maximum Gasteiger partial charge on any atom is 0.323 e. The predicted octanol–water partition coefficient (Wildman–Crippen LogP) is 6.63. The van der Waals surface area contributed by atoms with Crippen molar-refractivity contribution >= 4 is 23.0 Å². The third-order valence-electron chi connectivity index (χ3n) is 5.73. The fourth-order valence-electron chi connectivity index (χ4n) is 4.19. The maximum absolute atomic E-state index is 14.2. The molecule has 7 heteroatoms. The molecule has 0 aromatic heterocycles. The molecule has 0 saturated carbocycles. The van der Waals surface area contributed by atoms with Gasteiger partial charge >= 0.3 is 5.97 Å². The number of nitrogens with zero attached hydrogens (tertiary/aromatic N) is 1. The highest BCUT2D eigenvalue weighted by molar-refractivity contribution is 5.95.